The number of aromatic amines is 1. The van der Waals surface area contributed by atoms with E-state index in [1.165, 1.54) is 0 Å². The predicted molar refractivity (Wildman–Crippen MR) is 79.7 cm³/mol. The fourth-order valence-electron chi connectivity index (χ4n) is 1.89. The van der Waals surface area contributed by atoms with E-state index in [0.717, 1.165) is 17.7 Å². The van der Waals surface area contributed by atoms with Crippen molar-refractivity contribution < 1.29 is 9.90 Å². The number of carbonyl (C=O) groups is 1. The van der Waals surface area contributed by atoms with E-state index in [1.54, 1.807) is 17.4 Å². The first kappa shape index (κ1) is 14.7. The van der Waals surface area contributed by atoms with Crippen molar-refractivity contribution >= 4 is 17.2 Å². The molecule has 0 aliphatic rings. The van der Waals surface area contributed by atoms with E-state index in [0.29, 0.717) is 5.69 Å². The Morgan fingerprint density at radius 2 is 2.40 bits per heavy atom. The van der Waals surface area contributed by atoms with Gasteiger partial charge in [-0.2, -0.15) is 16.4 Å². The van der Waals surface area contributed by atoms with Crippen molar-refractivity contribution in [3.63, 3.8) is 0 Å². The van der Waals surface area contributed by atoms with Gasteiger partial charge < -0.3 is 10.4 Å². The lowest BCUT2D eigenvalue weighted by molar-refractivity contribution is 0.0886. The number of hydrogen-bond acceptors (Lipinski definition) is 4. The summed E-state index contributed by atoms with van der Waals surface area (Å²) in [6.45, 7) is 3.97. The summed E-state index contributed by atoms with van der Waals surface area (Å²) < 4.78 is 0. The maximum Gasteiger partial charge on any atom is 0.269 e. The fourth-order valence-corrected chi connectivity index (χ4v) is 2.54. The maximum absolute atomic E-state index is 12.1. The zero-order valence-corrected chi connectivity index (χ0v) is 12.4. The molecule has 2 aromatic heterocycles. The van der Waals surface area contributed by atoms with Crippen molar-refractivity contribution in [3.8, 4) is 11.3 Å². The fraction of sp³-hybridized carbons (Fsp3) is 0.429. The molecular weight excluding hydrogens is 274 g/mol. The van der Waals surface area contributed by atoms with E-state index in [9.17, 15) is 9.90 Å². The van der Waals surface area contributed by atoms with Gasteiger partial charge in [-0.25, -0.2) is 0 Å². The van der Waals surface area contributed by atoms with Gasteiger partial charge in [0.25, 0.3) is 5.91 Å². The summed E-state index contributed by atoms with van der Waals surface area (Å²) in [5, 5.41) is 23.0. The van der Waals surface area contributed by atoms with Crippen molar-refractivity contribution in [1.82, 2.24) is 15.5 Å². The predicted octanol–water partition coefficient (Wildman–Crippen LogP) is 2.27. The number of aromatic nitrogens is 2. The highest BCUT2D eigenvalue weighted by molar-refractivity contribution is 7.08. The molecule has 2 aromatic rings. The van der Waals surface area contributed by atoms with Gasteiger partial charge in [-0.05, 0) is 23.4 Å². The first-order valence-corrected chi connectivity index (χ1v) is 7.59. The molecule has 0 unspecified atom stereocenters. The molecule has 0 spiro atoms. The molecule has 3 N–H and O–H groups in total. The summed E-state index contributed by atoms with van der Waals surface area (Å²) in [7, 11) is 0. The first-order valence-electron chi connectivity index (χ1n) is 6.65. The highest BCUT2D eigenvalue weighted by Crippen LogP contribution is 2.20. The van der Waals surface area contributed by atoms with E-state index in [4.69, 9.17) is 0 Å². The lowest BCUT2D eigenvalue weighted by Crippen LogP contribution is -2.42. The maximum atomic E-state index is 12.1. The number of nitrogens with one attached hydrogen (secondary N) is 2. The van der Waals surface area contributed by atoms with Crippen molar-refractivity contribution in [3.05, 3.63) is 28.6 Å². The van der Waals surface area contributed by atoms with Crippen molar-refractivity contribution in [1.29, 1.82) is 0 Å². The molecule has 0 aliphatic heterocycles. The van der Waals surface area contributed by atoms with Gasteiger partial charge in [0.15, 0.2) is 0 Å². The zero-order chi connectivity index (χ0) is 14.5. The van der Waals surface area contributed by atoms with Crippen LogP contribution in [0.3, 0.4) is 0 Å². The Morgan fingerprint density at radius 1 is 1.60 bits per heavy atom. The van der Waals surface area contributed by atoms with Crippen LogP contribution in [0.25, 0.3) is 11.3 Å². The Kier molecular flexibility index (Phi) is 4.92. The molecule has 2 heterocycles. The minimum absolute atomic E-state index is 0.0632. The average molecular weight is 293 g/mol. The van der Waals surface area contributed by atoms with Crippen LogP contribution in [0.5, 0.6) is 0 Å². The topological polar surface area (TPSA) is 78.0 Å². The van der Waals surface area contributed by atoms with Crippen LogP contribution >= 0.6 is 11.3 Å². The number of hydrogen-bond donors (Lipinski definition) is 3. The van der Waals surface area contributed by atoms with Gasteiger partial charge in [0.1, 0.15) is 5.69 Å². The largest absolute Gasteiger partial charge is 0.394 e. The van der Waals surface area contributed by atoms with E-state index in [-0.39, 0.29) is 24.5 Å². The molecule has 20 heavy (non-hydrogen) atoms. The van der Waals surface area contributed by atoms with E-state index >= 15 is 0 Å². The molecule has 2 atom stereocenters. The quantitative estimate of drug-likeness (QED) is 0.764. The third kappa shape index (κ3) is 3.26. The number of H-pyrrole nitrogens is 1. The van der Waals surface area contributed by atoms with Crippen molar-refractivity contribution in [2.24, 2.45) is 5.92 Å². The molecule has 0 fully saturated rings. The lowest BCUT2D eigenvalue weighted by Gasteiger charge is -2.21. The number of amides is 1. The van der Waals surface area contributed by atoms with Gasteiger partial charge in [-0.15, -0.1) is 0 Å². The number of rotatable bonds is 6. The van der Waals surface area contributed by atoms with Crippen LogP contribution in [-0.2, 0) is 0 Å². The van der Waals surface area contributed by atoms with Crippen LogP contribution in [-0.4, -0.2) is 33.9 Å². The zero-order valence-electron chi connectivity index (χ0n) is 11.6. The lowest BCUT2D eigenvalue weighted by atomic mass is 10.00. The van der Waals surface area contributed by atoms with Crippen LogP contribution in [0.4, 0.5) is 0 Å². The number of carbonyl (C=O) groups excluding carboxylic acids is 1. The van der Waals surface area contributed by atoms with E-state index < -0.39 is 0 Å². The number of thiophene rings is 1. The SMILES string of the molecule is CC[C@@H](C)[C@@H](CO)NC(=O)c1cc(-c2ccsc2)n[nH]1. The molecule has 0 radical (unpaired) electrons. The summed E-state index contributed by atoms with van der Waals surface area (Å²) in [6.07, 6.45) is 0.897. The molecule has 0 aromatic carbocycles. The molecule has 0 saturated heterocycles. The minimum atomic E-state index is -0.238. The van der Waals surface area contributed by atoms with Crippen LogP contribution in [0.2, 0.25) is 0 Å². The summed E-state index contributed by atoms with van der Waals surface area (Å²) in [6, 6.07) is 3.45. The molecule has 5 nitrogen and oxygen atoms in total. The summed E-state index contributed by atoms with van der Waals surface area (Å²) >= 11 is 1.59. The normalized spacial score (nSPS) is 13.9. The van der Waals surface area contributed by atoms with E-state index in [1.807, 2.05) is 30.7 Å². The highest BCUT2D eigenvalue weighted by atomic mass is 32.1. The third-order valence-electron chi connectivity index (χ3n) is 3.48. The summed E-state index contributed by atoms with van der Waals surface area (Å²) in [5.74, 6) is -0.0125. The molecule has 0 aliphatic carbocycles. The van der Waals surface area contributed by atoms with Crippen LogP contribution in [0.1, 0.15) is 30.8 Å². The molecule has 0 saturated carbocycles. The smallest absolute Gasteiger partial charge is 0.269 e. The highest BCUT2D eigenvalue weighted by Gasteiger charge is 2.19. The van der Waals surface area contributed by atoms with Gasteiger partial charge in [0.05, 0.1) is 18.3 Å². The van der Waals surface area contributed by atoms with Crippen LogP contribution < -0.4 is 5.32 Å². The third-order valence-corrected chi connectivity index (χ3v) is 4.17. The first-order chi connectivity index (χ1) is 9.65. The summed E-state index contributed by atoms with van der Waals surface area (Å²) in [4.78, 5) is 12.1. The van der Waals surface area contributed by atoms with Crippen molar-refractivity contribution in [2.75, 3.05) is 6.61 Å². The Labute approximate surface area is 122 Å². The van der Waals surface area contributed by atoms with E-state index in [2.05, 4.69) is 15.5 Å². The second-order valence-electron chi connectivity index (χ2n) is 4.83. The monoisotopic (exact) mass is 293 g/mol. The van der Waals surface area contributed by atoms with Crippen LogP contribution in [0, 0.1) is 5.92 Å². The van der Waals surface area contributed by atoms with Crippen molar-refractivity contribution in [2.45, 2.75) is 26.3 Å². The Balaban J connectivity index is 2.06. The molecular formula is C14H19N3O2S. The second kappa shape index (κ2) is 6.67. The standard InChI is InChI=1S/C14H19N3O2S/c1-3-9(2)13(7-18)15-14(19)12-6-11(16-17-12)10-4-5-20-8-10/h4-6,8-9,13,18H,3,7H2,1-2H3,(H,15,19)(H,16,17)/t9-,13-/m1/s1. The molecule has 6 heteroatoms. The molecule has 0 bridgehead atoms. The number of aliphatic hydroxyl groups excluding tert-OH is 1. The van der Waals surface area contributed by atoms with Gasteiger partial charge in [0, 0.05) is 10.9 Å². The second-order valence-corrected chi connectivity index (χ2v) is 5.61. The Bertz CT molecular complexity index is 551. The Hall–Kier alpha value is -1.66. The van der Waals surface area contributed by atoms with Crippen LogP contribution in [0.15, 0.2) is 22.9 Å². The van der Waals surface area contributed by atoms with Gasteiger partial charge in [0.2, 0.25) is 0 Å². The molecule has 108 valence electrons. The van der Waals surface area contributed by atoms with Gasteiger partial charge in [-0.1, -0.05) is 20.3 Å². The summed E-state index contributed by atoms with van der Waals surface area (Å²) in [5.41, 5.74) is 2.15. The van der Waals surface area contributed by atoms with Gasteiger partial charge in [-0.3, -0.25) is 9.89 Å². The molecule has 1 amide bonds. The van der Waals surface area contributed by atoms with Gasteiger partial charge >= 0.3 is 0 Å². The average Bonchev–Trinajstić information content (AvgIpc) is 3.13. The Morgan fingerprint density at radius 3 is 3.00 bits per heavy atom. The molecule has 2 rings (SSSR count). The minimum Gasteiger partial charge on any atom is -0.394 e. The number of aliphatic hydroxyl groups is 1. The number of nitrogens with zero attached hydrogens (tertiary/aromatic N) is 1.